The Hall–Kier alpha value is -1.60. The Morgan fingerprint density at radius 1 is 1.20 bits per heavy atom. The fraction of sp³-hybridized carbons (Fsp3) is 0.588. The maximum absolute atomic E-state index is 12.4. The number of rotatable bonds is 7. The van der Waals surface area contributed by atoms with Crippen LogP contribution in [-0.4, -0.2) is 35.9 Å². The highest BCUT2D eigenvalue weighted by Gasteiger charge is 2.29. The molecule has 0 aliphatic heterocycles. The van der Waals surface area contributed by atoms with Crippen molar-refractivity contribution in [1.82, 2.24) is 0 Å². The van der Waals surface area contributed by atoms with Crippen molar-refractivity contribution >= 4 is 45.8 Å². The highest BCUT2D eigenvalue weighted by Crippen LogP contribution is 2.35. The van der Waals surface area contributed by atoms with Crippen LogP contribution < -0.4 is 5.32 Å². The van der Waals surface area contributed by atoms with Crippen molar-refractivity contribution in [2.75, 3.05) is 17.8 Å². The molecular formula is C17H24ClNO5S. The van der Waals surface area contributed by atoms with Crippen LogP contribution in [-0.2, 0) is 14.3 Å². The zero-order valence-electron chi connectivity index (χ0n) is 15.2. The number of carbonyl (C=O) groups excluding carboxylic acids is 3. The van der Waals surface area contributed by atoms with Crippen molar-refractivity contribution in [3.05, 3.63) is 16.0 Å². The van der Waals surface area contributed by atoms with Gasteiger partial charge in [-0.3, -0.25) is 4.79 Å². The van der Waals surface area contributed by atoms with E-state index < -0.39 is 17.5 Å². The number of thiophene rings is 1. The summed E-state index contributed by atoms with van der Waals surface area (Å²) in [6.45, 7) is 8.79. The molecule has 0 aromatic carbocycles. The molecule has 140 valence electrons. The number of nitrogens with one attached hydrogen (secondary N) is 1. The van der Waals surface area contributed by atoms with E-state index in [9.17, 15) is 14.4 Å². The number of amides is 1. The fourth-order valence-corrected chi connectivity index (χ4v) is 3.21. The standard InChI is InChI=1S/C17H24ClNO5S/c1-6-23-15(21)12-10(2)13(16(22)24-17(3,4)5)25-14(12)19-11(20)8-7-9-18/h6-9H2,1-5H3,(H,19,20). The van der Waals surface area contributed by atoms with Crippen molar-refractivity contribution in [2.45, 2.75) is 53.1 Å². The molecule has 0 spiro atoms. The third-order valence-corrected chi connectivity index (χ3v) is 4.46. The smallest absolute Gasteiger partial charge is 0.349 e. The minimum Gasteiger partial charge on any atom is -0.462 e. The third kappa shape index (κ3) is 6.32. The molecule has 0 aliphatic rings. The van der Waals surface area contributed by atoms with Crippen LogP contribution in [0.5, 0.6) is 0 Å². The maximum Gasteiger partial charge on any atom is 0.349 e. The van der Waals surface area contributed by atoms with E-state index in [0.717, 1.165) is 11.3 Å². The Morgan fingerprint density at radius 2 is 1.84 bits per heavy atom. The highest BCUT2D eigenvalue weighted by molar-refractivity contribution is 7.18. The minimum absolute atomic E-state index is 0.187. The van der Waals surface area contributed by atoms with Gasteiger partial charge in [0.1, 0.15) is 15.5 Å². The van der Waals surface area contributed by atoms with Crippen LogP contribution in [0.2, 0.25) is 0 Å². The van der Waals surface area contributed by atoms with E-state index in [1.165, 1.54) is 0 Å². The average Bonchev–Trinajstić information content (AvgIpc) is 2.80. The molecule has 0 radical (unpaired) electrons. The first-order valence-electron chi connectivity index (χ1n) is 8.00. The number of halogens is 1. The van der Waals surface area contributed by atoms with E-state index in [0.29, 0.717) is 17.9 Å². The molecule has 1 amide bonds. The average molecular weight is 390 g/mol. The fourth-order valence-electron chi connectivity index (χ4n) is 1.99. The molecule has 0 atom stereocenters. The summed E-state index contributed by atoms with van der Waals surface area (Å²) in [5, 5.41) is 2.96. The van der Waals surface area contributed by atoms with Crippen LogP contribution in [0.1, 0.15) is 66.1 Å². The van der Waals surface area contributed by atoms with E-state index in [1.807, 2.05) is 0 Å². The van der Waals surface area contributed by atoms with Gasteiger partial charge in [0.15, 0.2) is 0 Å². The number of esters is 2. The molecule has 1 heterocycles. The zero-order valence-corrected chi connectivity index (χ0v) is 16.7. The van der Waals surface area contributed by atoms with Gasteiger partial charge in [-0.15, -0.1) is 22.9 Å². The lowest BCUT2D eigenvalue weighted by Gasteiger charge is -2.19. The molecule has 0 fully saturated rings. The summed E-state index contributed by atoms with van der Waals surface area (Å²) in [5.74, 6) is -1.03. The molecule has 8 heteroatoms. The molecule has 6 nitrogen and oxygen atoms in total. The second-order valence-electron chi connectivity index (χ2n) is 6.32. The number of carbonyl (C=O) groups is 3. The summed E-state index contributed by atoms with van der Waals surface area (Å²) in [7, 11) is 0. The Labute approximate surface area is 156 Å². The molecule has 1 N–H and O–H groups in total. The Bertz CT molecular complexity index is 648. The SMILES string of the molecule is CCOC(=O)c1c(NC(=O)CCCCl)sc(C(=O)OC(C)(C)C)c1C. The second-order valence-corrected chi connectivity index (χ2v) is 7.72. The first-order valence-corrected chi connectivity index (χ1v) is 9.35. The van der Waals surface area contributed by atoms with Gasteiger partial charge < -0.3 is 14.8 Å². The van der Waals surface area contributed by atoms with Crippen molar-refractivity contribution in [2.24, 2.45) is 0 Å². The van der Waals surface area contributed by atoms with Gasteiger partial charge in [-0.2, -0.15) is 0 Å². The lowest BCUT2D eigenvalue weighted by atomic mass is 10.1. The monoisotopic (exact) mass is 389 g/mol. The summed E-state index contributed by atoms with van der Waals surface area (Å²) in [4.78, 5) is 36.9. The molecule has 0 saturated heterocycles. The van der Waals surface area contributed by atoms with Crippen LogP contribution in [0.4, 0.5) is 5.00 Å². The Kier molecular flexibility index (Phi) is 7.89. The van der Waals surface area contributed by atoms with E-state index in [4.69, 9.17) is 21.1 Å². The minimum atomic E-state index is -0.665. The molecular weight excluding hydrogens is 366 g/mol. The topological polar surface area (TPSA) is 81.7 Å². The zero-order chi connectivity index (χ0) is 19.2. The molecule has 1 aromatic rings. The van der Waals surface area contributed by atoms with Gasteiger partial charge in [0, 0.05) is 12.3 Å². The van der Waals surface area contributed by atoms with Gasteiger partial charge >= 0.3 is 11.9 Å². The quantitative estimate of drug-likeness (QED) is 0.559. The van der Waals surface area contributed by atoms with Gasteiger partial charge in [-0.25, -0.2) is 9.59 Å². The summed E-state index contributed by atoms with van der Waals surface area (Å²) in [6, 6.07) is 0. The maximum atomic E-state index is 12.4. The molecule has 0 saturated carbocycles. The predicted molar refractivity (Wildman–Crippen MR) is 98.8 cm³/mol. The Balaban J connectivity index is 3.20. The number of anilines is 1. The number of alkyl halides is 1. The lowest BCUT2D eigenvalue weighted by molar-refractivity contribution is -0.116. The van der Waals surface area contributed by atoms with Crippen molar-refractivity contribution < 1.29 is 23.9 Å². The normalized spacial score (nSPS) is 11.1. The van der Waals surface area contributed by atoms with Crippen molar-refractivity contribution in [1.29, 1.82) is 0 Å². The largest absolute Gasteiger partial charge is 0.462 e. The first-order chi connectivity index (χ1) is 11.6. The first kappa shape index (κ1) is 21.4. The van der Waals surface area contributed by atoms with Crippen LogP contribution in [0.25, 0.3) is 0 Å². The van der Waals surface area contributed by atoms with Gasteiger partial charge in [-0.05, 0) is 46.6 Å². The number of hydrogen-bond acceptors (Lipinski definition) is 6. The summed E-state index contributed by atoms with van der Waals surface area (Å²) in [6.07, 6.45) is 0.746. The molecule has 0 bridgehead atoms. The van der Waals surface area contributed by atoms with E-state index in [-0.39, 0.29) is 34.4 Å². The summed E-state index contributed by atoms with van der Waals surface area (Å²) < 4.78 is 10.4. The van der Waals surface area contributed by atoms with Gasteiger partial charge in [0.25, 0.3) is 0 Å². The van der Waals surface area contributed by atoms with Crippen LogP contribution >= 0.6 is 22.9 Å². The van der Waals surface area contributed by atoms with Crippen molar-refractivity contribution in [3.63, 3.8) is 0 Å². The Morgan fingerprint density at radius 3 is 2.36 bits per heavy atom. The summed E-state index contributed by atoms with van der Waals surface area (Å²) in [5.41, 5.74) is -0.0428. The summed E-state index contributed by atoms with van der Waals surface area (Å²) >= 11 is 6.60. The lowest BCUT2D eigenvalue weighted by Crippen LogP contribution is -2.23. The molecule has 1 rings (SSSR count). The van der Waals surface area contributed by atoms with E-state index >= 15 is 0 Å². The van der Waals surface area contributed by atoms with E-state index in [2.05, 4.69) is 5.32 Å². The molecule has 0 aliphatic carbocycles. The van der Waals surface area contributed by atoms with Crippen LogP contribution in [0, 0.1) is 6.92 Å². The van der Waals surface area contributed by atoms with E-state index in [1.54, 1.807) is 34.6 Å². The predicted octanol–water partition coefficient (Wildman–Crippen LogP) is 4.15. The molecule has 25 heavy (non-hydrogen) atoms. The number of hydrogen-bond donors (Lipinski definition) is 1. The number of ether oxygens (including phenoxy) is 2. The van der Waals surface area contributed by atoms with Crippen LogP contribution in [0.3, 0.4) is 0 Å². The van der Waals surface area contributed by atoms with Gasteiger partial charge in [-0.1, -0.05) is 0 Å². The molecule has 0 unspecified atom stereocenters. The van der Waals surface area contributed by atoms with Crippen molar-refractivity contribution in [3.8, 4) is 0 Å². The third-order valence-electron chi connectivity index (χ3n) is 3.00. The highest BCUT2D eigenvalue weighted by atomic mass is 35.5. The second kappa shape index (κ2) is 9.20. The van der Waals surface area contributed by atoms with Gasteiger partial charge in [0.05, 0.1) is 12.2 Å². The molecule has 1 aromatic heterocycles. The van der Waals surface area contributed by atoms with Gasteiger partial charge in [0.2, 0.25) is 5.91 Å². The van der Waals surface area contributed by atoms with Crippen LogP contribution in [0.15, 0.2) is 0 Å².